The summed E-state index contributed by atoms with van der Waals surface area (Å²) in [6, 6.07) is 23.3. The molecule has 4 aromatic rings. The minimum absolute atomic E-state index is 0.0444. The van der Waals surface area contributed by atoms with Gasteiger partial charge in [0.1, 0.15) is 10.8 Å². The minimum Gasteiger partial charge on any atom is -0.484 e. The van der Waals surface area contributed by atoms with E-state index in [0.717, 1.165) is 32.0 Å². The molecule has 4 rings (SSSR count). The lowest BCUT2D eigenvalue weighted by Gasteiger charge is -2.10. The monoisotopic (exact) mass is 374 g/mol. The number of benzene rings is 3. The van der Waals surface area contributed by atoms with Crippen molar-refractivity contribution in [1.82, 2.24) is 4.98 Å². The normalized spacial score (nSPS) is 10.7. The second-order valence-electron chi connectivity index (χ2n) is 6.18. The molecule has 0 fully saturated rings. The molecule has 0 atom stereocenters. The zero-order valence-electron chi connectivity index (χ0n) is 14.8. The van der Waals surface area contributed by atoms with Crippen molar-refractivity contribution in [3.8, 4) is 16.3 Å². The Kier molecular flexibility index (Phi) is 4.85. The van der Waals surface area contributed by atoms with Crippen LogP contribution in [-0.2, 0) is 4.79 Å². The molecule has 134 valence electrons. The molecule has 0 bridgehead atoms. The van der Waals surface area contributed by atoms with E-state index in [-0.39, 0.29) is 12.5 Å². The van der Waals surface area contributed by atoms with Gasteiger partial charge >= 0.3 is 0 Å². The Morgan fingerprint density at radius 1 is 1.00 bits per heavy atom. The van der Waals surface area contributed by atoms with E-state index in [9.17, 15) is 4.79 Å². The van der Waals surface area contributed by atoms with E-state index in [2.05, 4.69) is 10.3 Å². The van der Waals surface area contributed by atoms with Crippen molar-refractivity contribution in [3.63, 3.8) is 0 Å². The Labute approximate surface area is 161 Å². The van der Waals surface area contributed by atoms with Gasteiger partial charge in [0.2, 0.25) is 0 Å². The fourth-order valence-corrected chi connectivity index (χ4v) is 3.74. The quantitative estimate of drug-likeness (QED) is 0.516. The van der Waals surface area contributed by atoms with Crippen LogP contribution in [0.1, 0.15) is 5.56 Å². The predicted molar refractivity (Wildman–Crippen MR) is 110 cm³/mol. The zero-order chi connectivity index (χ0) is 18.6. The highest BCUT2D eigenvalue weighted by atomic mass is 32.1. The number of fused-ring (bicyclic) bond motifs is 1. The molecule has 0 saturated carbocycles. The number of aromatic nitrogens is 1. The molecule has 27 heavy (non-hydrogen) atoms. The number of para-hydroxylation sites is 2. The van der Waals surface area contributed by atoms with Crippen LogP contribution in [0.25, 0.3) is 20.8 Å². The maximum Gasteiger partial charge on any atom is 0.262 e. The van der Waals surface area contributed by atoms with Crippen molar-refractivity contribution in [2.24, 2.45) is 0 Å². The van der Waals surface area contributed by atoms with Gasteiger partial charge in [0, 0.05) is 5.56 Å². The molecule has 0 unspecified atom stereocenters. The molecule has 5 heteroatoms. The first kappa shape index (κ1) is 17.2. The summed E-state index contributed by atoms with van der Waals surface area (Å²) >= 11 is 1.61. The molecular weight excluding hydrogens is 356 g/mol. The molecule has 1 amide bonds. The number of carbonyl (C=O) groups excluding carboxylic acids is 1. The smallest absolute Gasteiger partial charge is 0.262 e. The number of anilines is 1. The zero-order valence-corrected chi connectivity index (χ0v) is 15.6. The van der Waals surface area contributed by atoms with Crippen molar-refractivity contribution >= 4 is 33.1 Å². The van der Waals surface area contributed by atoms with Gasteiger partial charge in [-0.2, -0.15) is 0 Å². The van der Waals surface area contributed by atoms with Gasteiger partial charge in [-0.15, -0.1) is 11.3 Å². The van der Waals surface area contributed by atoms with Gasteiger partial charge in [-0.1, -0.05) is 42.0 Å². The molecule has 0 aliphatic rings. The molecule has 0 radical (unpaired) electrons. The Bertz CT molecular complexity index is 1050. The summed E-state index contributed by atoms with van der Waals surface area (Å²) in [5, 5.41) is 3.82. The lowest BCUT2D eigenvalue weighted by atomic mass is 10.2. The molecule has 0 aliphatic carbocycles. The Balaban J connectivity index is 1.50. The number of nitrogens with zero attached hydrogens (tertiary/aromatic N) is 1. The first-order valence-corrected chi connectivity index (χ1v) is 9.45. The molecule has 4 nitrogen and oxygen atoms in total. The first-order valence-electron chi connectivity index (χ1n) is 8.63. The molecule has 1 heterocycles. The van der Waals surface area contributed by atoms with E-state index in [1.165, 1.54) is 0 Å². The molecule has 3 aromatic carbocycles. The summed E-state index contributed by atoms with van der Waals surface area (Å²) in [6.45, 7) is 1.96. The van der Waals surface area contributed by atoms with Crippen LogP contribution in [0.4, 0.5) is 5.69 Å². The number of nitrogens with one attached hydrogen (secondary N) is 1. The molecule has 0 aliphatic heterocycles. The molecule has 1 N–H and O–H groups in total. The largest absolute Gasteiger partial charge is 0.484 e. The third-order valence-corrected chi connectivity index (χ3v) is 5.19. The molecular formula is C22H18N2O2S. The number of hydrogen-bond donors (Lipinski definition) is 1. The minimum atomic E-state index is -0.205. The van der Waals surface area contributed by atoms with Gasteiger partial charge in [0.25, 0.3) is 5.91 Å². The van der Waals surface area contributed by atoms with Crippen LogP contribution < -0.4 is 10.1 Å². The number of hydrogen-bond acceptors (Lipinski definition) is 4. The summed E-state index contributed by atoms with van der Waals surface area (Å²) in [4.78, 5) is 17.0. The van der Waals surface area contributed by atoms with Gasteiger partial charge in [-0.3, -0.25) is 4.79 Å². The van der Waals surface area contributed by atoms with Crippen LogP contribution in [0.3, 0.4) is 0 Å². The Hall–Kier alpha value is -3.18. The van der Waals surface area contributed by atoms with Crippen LogP contribution in [0.5, 0.6) is 5.75 Å². The number of carbonyl (C=O) groups is 1. The first-order chi connectivity index (χ1) is 13.2. The molecule has 0 saturated heterocycles. The summed E-state index contributed by atoms with van der Waals surface area (Å²) < 4.78 is 6.69. The van der Waals surface area contributed by atoms with Gasteiger partial charge in [0.15, 0.2) is 6.61 Å². The average molecular weight is 374 g/mol. The lowest BCUT2D eigenvalue weighted by molar-refractivity contribution is -0.118. The number of aryl methyl sites for hydroxylation is 1. The van der Waals surface area contributed by atoms with Gasteiger partial charge in [-0.05, 0) is 43.3 Å². The van der Waals surface area contributed by atoms with Gasteiger partial charge < -0.3 is 10.1 Å². The summed E-state index contributed by atoms with van der Waals surface area (Å²) in [5.41, 5.74) is 3.74. The average Bonchev–Trinajstić information content (AvgIpc) is 3.12. The second-order valence-corrected chi connectivity index (χ2v) is 7.21. The van der Waals surface area contributed by atoms with E-state index in [4.69, 9.17) is 4.74 Å². The molecule has 0 spiro atoms. The topological polar surface area (TPSA) is 51.2 Å². The summed E-state index contributed by atoms with van der Waals surface area (Å²) in [7, 11) is 0. The van der Waals surface area contributed by atoms with Crippen LogP contribution in [0.2, 0.25) is 0 Å². The Morgan fingerprint density at radius 3 is 2.56 bits per heavy atom. The van der Waals surface area contributed by atoms with Crippen molar-refractivity contribution in [2.45, 2.75) is 6.92 Å². The highest BCUT2D eigenvalue weighted by molar-refractivity contribution is 7.21. The summed E-state index contributed by atoms with van der Waals surface area (Å²) in [5.74, 6) is 0.472. The number of amides is 1. The van der Waals surface area contributed by atoms with Crippen molar-refractivity contribution in [3.05, 3.63) is 78.4 Å². The Morgan fingerprint density at radius 2 is 1.74 bits per heavy atom. The van der Waals surface area contributed by atoms with Gasteiger partial charge in [0.05, 0.1) is 15.9 Å². The fourth-order valence-electron chi connectivity index (χ4n) is 2.74. The van der Waals surface area contributed by atoms with Crippen LogP contribution in [0.15, 0.2) is 72.8 Å². The van der Waals surface area contributed by atoms with Crippen molar-refractivity contribution in [1.29, 1.82) is 0 Å². The number of thiazole rings is 1. The standard InChI is InChI=1S/C22H18N2O2S/c1-15-10-12-16(13-11-15)26-14-21(25)23-18-7-3-2-6-17(18)22-24-19-8-4-5-9-20(19)27-22/h2-13H,14H2,1H3,(H,23,25). The second kappa shape index (κ2) is 7.60. The third-order valence-electron chi connectivity index (χ3n) is 4.12. The lowest BCUT2D eigenvalue weighted by Crippen LogP contribution is -2.20. The number of rotatable bonds is 5. The summed E-state index contributed by atoms with van der Waals surface area (Å²) in [6.07, 6.45) is 0. The highest BCUT2D eigenvalue weighted by Gasteiger charge is 2.12. The van der Waals surface area contributed by atoms with Crippen LogP contribution >= 0.6 is 11.3 Å². The predicted octanol–water partition coefficient (Wildman–Crippen LogP) is 5.29. The fraction of sp³-hybridized carbons (Fsp3) is 0.0909. The van der Waals surface area contributed by atoms with E-state index < -0.39 is 0 Å². The van der Waals surface area contributed by atoms with Crippen molar-refractivity contribution in [2.75, 3.05) is 11.9 Å². The SMILES string of the molecule is Cc1ccc(OCC(=O)Nc2ccccc2-c2nc3ccccc3s2)cc1. The number of ether oxygens (including phenoxy) is 1. The van der Waals surface area contributed by atoms with E-state index in [1.807, 2.05) is 79.7 Å². The van der Waals surface area contributed by atoms with Crippen LogP contribution in [0, 0.1) is 6.92 Å². The highest BCUT2D eigenvalue weighted by Crippen LogP contribution is 2.34. The maximum absolute atomic E-state index is 12.4. The van der Waals surface area contributed by atoms with E-state index in [0.29, 0.717) is 5.75 Å². The third kappa shape index (κ3) is 3.99. The van der Waals surface area contributed by atoms with Gasteiger partial charge in [-0.25, -0.2) is 4.98 Å². The molecule has 1 aromatic heterocycles. The maximum atomic E-state index is 12.4. The van der Waals surface area contributed by atoms with E-state index in [1.54, 1.807) is 11.3 Å². The van der Waals surface area contributed by atoms with Crippen LogP contribution in [-0.4, -0.2) is 17.5 Å². The van der Waals surface area contributed by atoms with Crippen molar-refractivity contribution < 1.29 is 9.53 Å². The van der Waals surface area contributed by atoms with E-state index >= 15 is 0 Å².